The fraction of sp³-hybridized carbons (Fsp3) is 0.308. The van der Waals surface area contributed by atoms with Gasteiger partial charge in [-0.2, -0.15) is 0 Å². The third-order valence-corrected chi connectivity index (χ3v) is 4.50. The molecule has 100 valence electrons. The molecule has 1 aromatic heterocycles. The second-order valence-corrected chi connectivity index (χ2v) is 6.57. The lowest BCUT2D eigenvalue weighted by molar-refractivity contribution is -0.129. The second kappa shape index (κ2) is 6.68. The first kappa shape index (κ1) is 14.0. The maximum Gasteiger partial charge on any atom is 0.235 e. The number of aromatic nitrogens is 2. The molecule has 0 bridgehead atoms. The van der Waals surface area contributed by atoms with Crippen molar-refractivity contribution in [3.8, 4) is 0 Å². The average Bonchev–Trinajstić information content (AvgIpc) is 2.91. The van der Waals surface area contributed by atoms with Gasteiger partial charge in [0.1, 0.15) is 5.51 Å². The van der Waals surface area contributed by atoms with Gasteiger partial charge in [0.2, 0.25) is 5.91 Å². The van der Waals surface area contributed by atoms with Crippen molar-refractivity contribution < 1.29 is 4.79 Å². The van der Waals surface area contributed by atoms with Crippen LogP contribution in [-0.2, 0) is 11.3 Å². The normalized spacial score (nSPS) is 12.1. The van der Waals surface area contributed by atoms with E-state index in [1.807, 2.05) is 44.3 Å². The van der Waals surface area contributed by atoms with E-state index in [0.29, 0.717) is 6.54 Å². The van der Waals surface area contributed by atoms with Crippen molar-refractivity contribution in [1.82, 2.24) is 15.1 Å². The highest BCUT2D eigenvalue weighted by molar-refractivity contribution is 8.02. The van der Waals surface area contributed by atoms with Crippen LogP contribution < -0.4 is 0 Å². The Morgan fingerprint density at radius 1 is 1.42 bits per heavy atom. The Labute approximate surface area is 120 Å². The average molecular weight is 293 g/mol. The maximum absolute atomic E-state index is 12.2. The van der Waals surface area contributed by atoms with Crippen molar-refractivity contribution >= 4 is 29.0 Å². The fourth-order valence-electron chi connectivity index (χ4n) is 1.66. The predicted molar refractivity (Wildman–Crippen MR) is 78.1 cm³/mol. The lowest BCUT2D eigenvalue weighted by atomic mass is 10.2. The molecule has 2 aromatic rings. The fourth-order valence-corrected chi connectivity index (χ4v) is 3.40. The molecule has 0 aliphatic heterocycles. The Kier molecular flexibility index (Phi) is 4.93. The lowest BCUT2D eigenvalue weighted by Gasteiger charge is -2.20. The van der Waals surface area contributed by atoms with Gasteiger partial charge in [-0.3, -0.25) is 4.79 Å². The van der Waals surface area contributed by atoms with Gasteiger partial charge in [-0.1, -0.05) is 53.4 Å². The van der Waals surface area contributed by atoms with Crippen molar-refractivity contribution in [2.75, 3.05) is 7.05 Å². The van der Waals surface area contributed by atoms with E-state index in [9.17, 15) is 4.79 Å². The van der Waals surface area contributed by atoms with Gasteiger partial charge in [-0.05, 0) is 12.5 Å². The standard InChI is InChI=1S/C13H15N3OS2/c1-10(19-13-15-14-9-18-13)12(17)16(2)8-11-6-4-3-5-7-11/h3-7,9-10H,8H2,1-2H3/t10-/m0/s1. The van der Waals surface area contributed by atoms with E-state index in [-0.39, 0.29) is 11.2 Å². The molecule has 0 spiro atoms. The molecule has 1 amide bonds. The van der Waals surface area contributed by atoms with Gasteiger partial charge in [-0.25, -0.2) is 0 Å². The van der Waals surface area contributed by atoms with Crippen molar-refractivity contribution in [2.45, 2.75) is 23.1 Å². The predicted octanol–water partition coefficient (Wildman–Crippen LogP) is 2.68. The number of nitrogens with zero attached hydrogens (tertiary/aromatic N) is 3. The number of benzene rings is 1. The van der Waals surface area contributed by atoms with Crippen molar-refractivity contribution in [3.63, 3.8) is 0 Å². The van der Waals surface area contributed by atoms with Crippen LogP contribution in [0.4, 0.5) is 0 Å². The Morgan fingerprint density at radius 3 is 2.79 bits per heavy atom. The van der Waals surface area contributed by atoms with Gasteiger partial charge < -0.3 is 4.90 Å². The summed E-state index contributed by atoms with van der Waals surface area (Å²) in [7, 11) is 1.83. The molecule has 4 nitrogen and oxygen atoms in total. The van der Waals surface area contributed by atoms with E-state index < -0.39 is 0 Å². The molecule has 0 unspecified atom stereocenters. The van der Waals surface area contributed by atoms with Crippen LogP contribution in [0.15, 0.2) is 40.2 Å². The van der Waals surface area contributed by atoms with Crippen LogP contribution in [0, 0.1) is 0 Å². The Hall–Kier alpha value is -1.40. The summed E-state index contributed by atoms with van der Waals surface area (Å²) in [5.74, 6) is 0.101. The van der Waals surface area contributed by atoms with Gasteiger partial charge in [0.05, 0.1) is 5.25 Å². The Morgan fingerprint density at radius 2 is 2.16 bits per heavy atom. The molecule has 0 saturated heterocycles. The SMILES string of the molecule is C[C@H](Sc1nncs1)C(=O)N(C)Cc1ccccc1. The number of amides is 1. The highest BCUT2D eigenvalue weighted by atomic mass is 32.2. The molecule has 0 N–H and O–H groups in total. The van der Waals surface area contributed by atoms with Gasteiger partial charge >= 0.3 is 0 Å². The highest BCUT2D eigenvalue weighted by Gasteiger charge is 2.19. The third-order valence-electron chi connectivity index (χ3n) is 2.60. The number of thioether (sulfide) groups is 1. The summed E-state index contributed by atoms with van der Waals surface area (Å²) in [5, 5.41) is 7.56. The molecule has 0 radical (unpaired) electrons. The molecule has 0 aliphatic carbocycles. The van der Waals surface area contributed by atoms with E-state index >= 15 is 0 Å². The van der Waals surface area contributed by atoms with Crippen LogP contribution >= 0.6 is 23.1 Å². The molecule has 2 rings (SSSR count). The molecule has 0 aliphatic rings. The van der Waals surface area contributed by atoms with E-state index in [2.05, 4.69) is 10.2 Å². The number of carbonyl (C=O) groups excluding carboxylic acids is 1. The molecule has 0 fully saturated rings. The molecule has 1 aromatic carbocycles. The summed E-state index contributed by atoms with van der Waals surface area (Å²) in [6.45, 7) is 2.52. The zero-order valence-electron chi connectivity index (χ0n) is 10.8. The quantitative estimate of drug-likeness (QED) is 0.795. The van der Waals surface area contributed by atoms with Crippen LogP contribution in [0.1, 0.15) is 12.5 Å². The number of rotatable bonds is 5. The van der Waals surface area contributed by atoms with Gasteiger partial charge in [0.15, 0.2) is 4.34 Å². The number of carbonyl (C=O) groups is 1. The second-order valence-electron chi connectivity index (χ2n) is 4.14. The zero-order chi connectivity index (χ0) is 13.7. The minimum Gasteiger partial charge on any atom is -0.340 e. The topological polar surface area (TPSA) is 46.1 Å². The van der Waals surface area contributed by atoms with Crippen LogP contribution in [0.2, 0.25) is 0 Å². The van der Waals surface area contributed by atoms with Crippen LogP contribution in [-0.4, -0.2) is 33.3 Å². The summed E-state index contributed by atoms with van der Waals surface area (Å²) < 4.78 is 0.828. The zero-order valence-corrected chi connectivity index (χ0v) is 12.4. The minimum atomic E-state index is -0.151. The third kappa shape index (κ3) is 4.04. The molecule has 1 atom stereocenters. The molecular weight excluding hydrogens is 278 g/mol. The smallest absolute Gasteiger partial charge is 0.235 e. The summed E-state index contributed by atoms with van der Waals surface area (Å²) in [6, 6.07) is 9.97. The Balaban J connectivity index is 1.91. The van der Waals surface area contributed by atoms with Crippen LogP contribution in [0.3, 0.4) is 0 Å². The van der Waals surface area contributed by atoms with E-state index in [1.165, 1.54) is 23.1 Å². The first-order valence-electron chi connectivity index (χ1n) is 5.88. The maximum atomic E-state index is 12.2. The first-order valence-corrected chi connectivity index (χ1v) is 7.64. The van der Waals surface area contributed by atoms with Crippen molar-refractivity contribution in [1.29, 1.82) is 0 Å². The van der Waals surface area contributed by atoms with E-state index in [1.54, 1.807) is 10.4 Å². The van der Waals surface area contributed by atoms with Crippen LogP contribution in [0.25, 0.3) is 0 Å². The van der Waals surface area contributed by atoms with E-state index in [0.717, 1.165) is 9.90 Å². The highest BCUT2D eigenvalue weighted by Crippen LogP contribution is 2.25. The molecule has 0 saturated carbocycles. The largest absolute Gasteiger partial charge is 0.340 e. The van der Waals surface area contributed by atoms with Gasteiger partial charge in [0.25, 0.3) is 0 Å². The Bertz CT molecular complexity index is 516. The summed E-state index contributed by atoms with van der Waals surface area (Å²) in [6.07, 6.45) is 0. The summed E-state index contributed by atoms with van der Waals surface area (Å²) >= 11 is 2.91. The monoisotopic (exact) mass is 293 g/mol. The number of hydrogen-bond acceptors (Lipinski definition) is 5. The van der Waals surface area contributed by atoms with Gasteiger partial charge in [-0.15, -0.1) is 10.2 Å². The minimum absolute atomic E-state index is 0.101. The van der Waals surface area contributed by atoms with Gasteiger partial charge in [0, 0.05) is 13.6 Å². The molecular formula is C13H15N3OS2. The summed E-state index contributed by atoms with van der Waals surface area (Å²) in [5.41, 5.74) is 2.80. The van der Waals surface area contributed by atoms with Crippen molar-refractivity contribution in [3.05, 3.63) is 41.4 Å². The van der Waals surface area contributed by atoms with Crippen molar-refractivity contribution in [2.24, 2.45) is 0 Å². The molecule has 19 heavy (non-hydrogen) atoms. The number of hydrogen-bond donors (Lipinski definition) is 0. The molecule has 1 heterocycles. The first-order chi connectivity index (χ1) is 9.16. The van der Waals surface area contributed by atoms with Crippen LogP contribution in [0.5, 0.6) is 0 Å². The van der Waals surface area contributed by atoms with E-state index in [4.69, 9.17) is 0 Å². The lowest BCUT2D eigenvalue weighted by Crippen LogP contribution is -2.32. The molecule has 6 heteroatoms. The summed E-state index contributed by atoms with van der Waals surface area (Å²) in [4.78, 5) is 14.0.